The summed E-state index contributed by atoms with van der Waals surface area (Å²) in [4.78, 5) is 54.5. The van der Waals surface area contributed by atoms with E-state index in [-0.39, 0.29) is 17.6 Å². The first kappa shape index (κ1) is 31.6. The van der Waals surface area contributed by atoms with Crippen LogP contribution < -0.4 is 5.69 Å². The summed E-state index contributed by atoms with van der Waals surface area (Å²) < 4.78 is 7.89. The average molecular weight is 665 g/mol. The number of hydrogen-bond acceptors (Lipinski definition) is 7. The number of carbonyl (C=O) groups is 2. The molecule has 5 aromatic rings. The van der Waals surface area contributed by atoms with E-state index >= 15 is 0 Å². The van der Waals surface area contributed by atoms with Gasteiger partial charge < -0.3 is 24.4 Å². The van der Waals surface area contributed by atoms with Crippen molar-refractivity contribution in [2.24, 2.45) is 11.8 Å². The van der Waals surface area contributed by atoms with Crippen LogP contribution in [0.15, 0.2) is 59.7 Å². The van der Waals surface area contributed by atoms with Crippen LogP contribution >= 0.6 is 0 Å². The molecule has 0 aliphatic carbocycles. The van der Waals surface area contributed by atoms with Crippen LogP contribution in [0.25, 0.3) is 32.8 Å². The fraction of sp³-hybridized carbons (Fsp3) is 0.486. The van der Waals surface area contributed by atoms with Gasteiger partial charge in [0.1, 0.15) is 0 Å². The number of carbonyl (C=O) groups excluding carboxylic acids is 2. The van der Waals surface area contributed by atoms with Gasteiger partial charge in [-0.2, -0.15) is 5.10 Å². The van der Waals surface area contributed by atoms with E-state index in [1.54, 1.807) is 21.9 Å². The van der Waals surface area contributed by atoms with E-state index in [0.29, 0.717) is 51.4 Å². The minimum atomic E-state index is -0.926. The van der Waals surface area contributed by atoms with Gasteiger partial charge in [0.2, 0.25) is 0 Å². The highest BCUT2D eigenvalue weighted by Crippen LogP contribution is 2.33. The van der Waals surface area contributed by atoms with Crippen LogP contribution in [0, 0.1) is 11.8 Å². The molecule has 1 atom stereocenters. The number of nitrogens with zero attached hydrogens (tertiary/aromatic N) is 6. The Labute approximate surface area is 284 Å². The molecule has 3 aromatic heterocycles. The smallest absolute Gasteiger partial charge is 0.410 e. The van der Waals surface area contributed by atoms with Crippen LogP contribution in [0.1, 0.15) is 50.1 Å². The van der Waals surface area contributed by atoms with Crippen LogP contribution in [0.4, 0.5) is 4.79 Å². The Kier molecular flexibility index (Phi) is 8.57. The van der Waals surface area contributed by atoms with Gasteiger partial charge in [0.15, 0.2) is 6.10 Å². The molecule has 6 heterocycles. The number of aromatic amines is 2. The van der Waals surface area contributed by atoms with Crippen molar-refractivity contribution in [3.05, 3.63) is 70.9 Å². The third-order valence-electron chi connectivity index (χ3n) is 11.3. The van der Waals surface area contributed by atoms with Crippen molar-refractivity contribution < 1.29 is 14.3 Å². The number of pyridine rings is 1. The lowest BCUT2D eigenvalue weighted by Gasteiger charge is -2.40. The molecule has 0 spiro atoms. The fourth-order valence-electron chi connectivity index (χ4n) is 8.39. The molecule has 3 fully saturated rings. The number of imidazole rings is 1. The number of hydrogen-bond donors (Lipinski definition) is 2. The molecule has 0 saturated carbocycles. The molecule has 8 rings (SSSR count). The van der Waals surface area contributed by atoms with Crippen LogP contribution in [0.2, 0.25) is 0 Å². The van der Waals surface area contributed by atoms with Gasteiger partial charge in [0, 0.05) is 49.4 Å². The zero-order chi connectivity index (χ0) is 33.5. The minimum absolute atomic E-state index is 0.0850. The SMILES string of the molecule is CN1CCC(C2CCN(C(=O)[C@@H](Cc3ccc4[nH]ncc4c3)OC(=O)N3CCC(n4c(=O)[nH]c5c6ccccc6ncc54)CC3)CC2)CC1. The van der Waals surface area contributed by atoms with E-state index in [4.69, 9.17) is 4.74 Å². The predicted molar refractivity (Wildman–Crippen MR) is 187 cm³/mol. The lowest BCUT2D eigenvalue weighted by molar-refractivity contribution is -0.142. The van der Waals surface area contributed by atoms with Gasteiger partial charge in [-0.05, 0) is 94.3 Å². The molecule has 0 unspecified atom stereocenters. The molecule has 0 radical (unpaired) electrons. The maximum Gasteiger partial charge on any atom is 0.410 e. The summed E-state index contributed by atoms with van der Waals surface area (Å²) >= 11 is 0. The van der Waals surface area contributed by atoms with Gasteiger partial charge in [-0.15, -0.1) is 0 Å². The second-order valence-corrected chi connectivity index (χ2v) is 14.2. The van der Waals surface area contributed by atoms with E-state index in [2.05, 4.69) is 32.1 Å². The highest BCUT2D eigenvalue weighted by molar-refractivity contribution is 6.01. The summed E-state index contributed by atoms with van der Waals surface area (Å²) in [5.74, 6) is 1.24. The van der Waals surface area contributed by atoms with E-state index in [1.807, 2.05) is 47.4 Å². The van der Waals surface area contributed by atoms with Gasteiger partial charge in [-0.25, -0.2) is 9.59 Å². The van der Waals surface area contributed by atoms with Crippen molar-refractivity contribution in [2.75, 3.05) is 46.3 Å². The second kappa shape index (κ2) is 13.3. The summed E-state index contributed by atoms with van der Waals surface area (Å²) in [6.07, 6.45) is 8.03. The highest BCUT2D eigenvalue weighted by atomic mass is 16.6. The van der Waals surface area contributed by atoms with Crippen molar-refractivity contribution in [1.82, 2.24) is 39.4 Å². The summed E-state index contributed by atoms with van der Waals surface area (Å²) in [6, 6.07) is 13.6. The molecule has 2 N–H and O–H groups in total. The third kappa shape index (κ3) is 6.29. The number of rotatable bonds is 6. The Morgan fingerprint density at radius 1 is 0.898 bits per heavy atom. The summed E-state index contributed by atoms with van der Waals surface area (Å²) in [5, 5.41) is 8.96. The van der Waals surface area contributed by atoms with Crippen LogP contribution in [0.3, 0.4) is 0 Å². The molecule has 49 heavy (non-hydrogen) atoms. The first-order valence-corrected chi connectivity index (χ1v) is 17.7. The standard InChI is InChI=1S/C37H44N8O4/c1-42-14-8-25(9-15-42)26-10-16-43(17-11-26)35(46)33(21-24-6-7-30-27(20-24)22-39-41-30)49-37(48)44-18-12-28(13-19-44)45-32-23-38-31-5-3-2-4-29(31)34(32)40-36(45)47/h2-7,20,22-23,25-26,28,33H,8-19,21H2,1H3,(H,39,41)(H,40,47)/t33-/m1/s1. The van der Waals surface area contributed by atoms with Gasteiger partial charge in [0.05, 0.1) is 34.5 Å². The van der Waals surface area contributed by atoms with Gasteiger partial charge in [-0.1, -0.05) is 24.3 Å². The third-order valence-corrected chi connectivity index (χ3v) is 11.3. The number of benzene rings is 2. The Hall–Kier alpha value is -4.71. The van der Waals surface area contributed by atoms with Crippen molar-refractivity contribution in [1.29, 1.82) is 0 Å². The molecule has 2 aromatic carbocycles. The van der Waals surface area contributed by atoms with Crippen LogP contribution in [-0.4, -0.2) is 104 Å². The summed E-state index contributed by atoms with van der Waals surface area (Å²) in [5.41, 5.74) is 4.04. The predicted octanol–water partition coefficient (Wildman–Crippen LogP) is 4.72. The number of piperidine rings is 3. The lowest BCUT2D eigenvalue weighted by atomic mass is 9.79. The average Bonchev–Trinajstić information content (AvgIpc) is 3.75. The number of ether oxygens (including phenoxy) is 1. The molecular formula is C37H44N8O4. The van der Waals surface area contributed by atoms with Crippen molar-refractivity contribution in [3.63, 3.8) is 0 Å². The number of fused-ring (bicyclic) bond motifs is 4. The van der Waals surface area contributed by atoms with Gasteiger partial charge >= 0.3 is 11.8 Å². The van der Waals surface area contributed by atoms with Crippen molar-refractivity contribution in [3.8, 4) is 0 Å². The monoisotopic (exact) mass is 664 g/mol. The largest absolute Gasteiger partial charge is 0.436 e. The second-order valence-electron chi connectivity index (χ2n) is 14.2. The zero-order valence-electron chi connectivity index (χ0n) is 28.0. The quantitative estimate of drug-likeness (QED) is 0.269. The number of likely N-dealkylation sites (tertiary alicyclic amines) is 3. The Morgan fingerprint density at radius 2 is 1.61 bits per heavy atom. The van der Waals surface area contributed by atoms with E-state index in [1.165, 1.54) is 12.8 Å². The summed E-state index contributed by atoms with van der Waals surface area (Å²) in [7, 11) is 2.19. The molecule has 12 nitrogen and oxygen atoms in total. The molecule has 0 bridgehead atoms. The fourth-order valence-corrected chi connectivity index (χ4v) is 8.39. The molecular weight excluding hydrogens is 620 g/mol. The van der Waals surface area contributed by atoms with Gasteiger partial charge in [0.25, 0.3) is 5.91 Å². The van der Waals surface area contributed by atoms with Gasteiger partial charge in [-0.3, -0.25) is 19.4 Å². The molecule has 2 amide bonds. The Morgan fingerprint density at radius 3 is 2.39 bits per heavy atom. The number of nitrogens with one attached hydrogen (secondary N) is 2. The summed E-state index contributed by atoms with van der Waals surface area (Å²) in [6.45, 7) is 4.53. The minimum Gasteiger partial charge on any atom is -0.436 e. The molecule has 3 saturated heterocycles. The topological polar surface area (TPSA) is 132 Å². The maximum atomic E-state index is 14.1. The normalized spacial score (nSPS) is 19.6. The van der Waals surface area contributed by atoms with Crippen LogP contribution in [-0.2, 0) is 16.0 Å². The first-order chi connectivity index (χ1) is 23.9. The maximum absolute atomic E-state index is 14.1. The van der Waals surface area contributed by atoms with E-state index in [0.717, 1.165) is 70.3 Å². The zero-order valence-corrected chi connectivity index (χ0v) is 28.0. The number of H-pyrrole nitrogens is 2. The number of aromatic nitrogens is 5. The highest BCUT2D eigenvalue weighted by Gasteiger charge is 2.36. The first-order valence-electron chi connectivity index (χ1n) is 17.7. The van der Waals surface area contributed by atoms with E-state index < -0.39 is 12.2 Å². The molecule has 3 aliphatic heterocycles. The lowest BCUT2D eigenvalue weighted by Crippen LogP contribution is -2.49. The molecule has 256 valence electrons. The number of para-hydroxylation sites is 1. The van der Waals surface area contributed by atoms with Crippen molar-refractivity contribution >= 4 is 44.8 Å². The molecule has 3 aliphatic rings. The Balaban J connectivity index is 0.949. The van der Waals surface area contributed by atoms with Crippen LogP contribution in [0.5, 0.6) is 0 Å². The van der Waals surface area contributed by atoms with E-state index in [9.17, 15) is 14.4 Å². The Bertz CT molecular complexity index is 2030. The van der Waals surface area contributed by atoms with Crippen molar-refractivity contribution in [2.45, 2.75) is 57.1 Å². The molecule has 12 heteroatoms. The number of amides is 2.